The molecular weight excluding hydrogens is 527 g/mol. The molecular formula is C33H38N4NiO+2. The number of allylic oxidation sites excluding steroid dienone is 4. The minimum Gasteiger partial charge on any atom is -0.355 e. The predicted molar refractivity (Wildman–Crippen MR) is 160 cm³/mol. The monoisotopic (exact) mass is 564 g/mol. The molecule has 0 saturated carbocycles. The van der Waals surface area contributed by atoms with Crippen molar-refractivity contribution in [2.75, 3.05) is 0 Å². The van der Waals surface area contributed by atoms with Crippen LogP contribution in [0.2, 0.25) is 0 Å². The number of aldehydes is 1. The molecule has 0 saturated heterocycles. The molecule has 0 spiro atoms. The fourth-order valence-electron chi connectivity index (χ4n) is 6.28. The van der Waals surface area contributed by atoms with Crippen LogP contribution in [0, 0.1) is 13.8 Å². The largest absolute Gasteiger partial charge is 2.00 e. The van der Waals surface area contributed by atoms with Crippen LogP contribution in [0.25, 0.3) is 44.4 Å². The summed E-state index contributed by atoms with van der Waals surface area (Å²) < 4.78 is 0. The van der Waals surface area contributed by atoms with Gasteiger partial charge in [0.05, 0.1) is 28.3 Å². The quantitative estimate of drug-likeness (QED) is 0.241. The molecule has 0 amide bonds. The van der Waals surface area contributed by atoms with Gasteiger partial charge in [0.2, 0.25) is 0 Å². The van der Waals surface area contributed by atoms with E-state index in [4.69, 9.17) is 9.97 Å². The van der Waals surface area contributed by atoms with Gasteiger partial charge in [0, 0.05) is 22.1 Å². The van der Waals surface area contributed by atoms with Gasteiger partial charge in [-0.1, -0.05) is 27.7 Å². The summed E-state index contributed by atoms with van der Waals surface area (Å²) in [5, 5.41) is 0. The number of fused-ring (bicyclic) bond motifs is 8. The van der Waals surface area contributed by atoms with Crippen molar-refractivity contribution in [3.8, 4) is 0 Å². The standard InChI is InChI=1S/C33H38N4O.Ni/c1-9-21-18(6)27-14-31-23(11-3)20(8)32(37-31)25(16-38)33-24(12-4)19(7)28(36-33)15-30-22(10-2)17(5)26(34-30)13-29(21)35-27;/h13-16,34-35H,9-12H2,1-8H3;/q;+2. The van der Waals surface area contributed by atoms with E-state index in [9.17, 15) is 4.79 Å². The third-order valence-electron chi connectivity index (χ3n) is 8.50. The number of carbonyl (C=O) groups excluding carboxylic acids is 1. The van der Waals surface area contributed by atoms with Crippen LogP contribution in [0.4, 0.5) is 0 Å². The van der Waals surface area contributed by atoms with E-state index >= 15 is 0 Å². The van der Waals surface area contributed by atoms with Crippen LogP contribution in [0.5, 0.6) is 0 Å². The molecule has 2 aliphatic rings. The van der Waals surface area contributed by atoms with Gasteiger partial charge in [-0.2, -0.15) is 0 Å². The SMILES string of the molecule is CCC1=C(C)c2nc1cc1[nH]c(cc3[nH]c(cc4nc(c2C=O)C(CC)=C4C)c(CC)c3C)c(CC)c1C.[Ni+2]. The van der Waals surface area contributed by atoms with Crippen LogP contribution < -0.4 is 0 Å². The maximum atomic E-state index is 12.7. The molecule has 0 atom stereocenters. The number of nitrogens with one attached hydrogen (secondary N) is 2. The molecule has 5 rings (SSSR count). The van der Waals surface area contributed by atoms with Gasteiger partial charge in [-0.3, -0.25) is 4.79 Å². The molecule has 6 heteroatoms. The number of carbonyl (C=O) groups is 1. The summed E-state index contributed by atoms with van der Waals surface area (Å²) in [6.45, 7) is 17.3. The van der Waals surface area contributed by atoms with Crippen LogP contribution >= 0.6 is 0 Å². The van der Waals surface area contributed by atoms with Crippen molar-refractivity contribution in [1.29, 1.82) is 0 Å². The molecule has 0 aromatic carbocycles. The van der Waals surface area contributed by atoms with E-state index in [1.165, 1.54) is 27.8 Å². The number of nitrogens with zero attached hydrogens (tertiary/aromatic N) is 2. The van der Waals surface area contributed by atoms with Crippen molar-refractivity contribution < 1.29 is 21.3 Å². The van der Waals surface area contributed by atoms with Gasteiger partial charge in [0.1, 0.15) is 0 Å². The normalized spacial score (nSPS) is 13.2. The molecule has 0 unspecified atom stereocenters. The van der Waals surface area contributed by atoms with Crippen LogP contribution in [0.3, 0.4) is 0 Å². The third kappa shape index (κ3) is 4.53. The minimum atomic E-state index is 0. The number of aromatic nitrogens is 4. The minimum absolute atomic E-state index is 0. The van der Waals surface area contributed by atoms with E-state index < -0.39 is 0 Å². The molecule has 39 heavy (non-hydrogen) atoms. The zero-order valence-electron chi connectivity index (χ0n) is 24.3. The van der Waals surface area contributed by atoms with Gasteiger partial charge in [-0.05, 0) is 116 Å². The Hall–Kier alpha value is -3.24. The molecule has 2 aliphatic heterocycles. The summed E-state index contributed by atoms with van der Waals surface area (Å²) in [7, 11) is 0. The molecule has 0 aliphatic carbocycles. The fourth-order valence-corrected chi connectivity index (χ4v) is 6.28. The Balaban J connectivity index is 0.00000353. The van der Waals surface area contributed by atoms with Crippen LogP contribution in [-0.2, 0) is 29.3 Å². The van der Waals surface area contributed by atoms with Gasteiger partial charge < -0.3 is 9.97 Å². The predicted octanol–water partition coefficient (Wildman–Crippen LogP) is 8.55. The number of aryl methyl sites for hydroxylation is 4. The van der Waals surface area contributed by atoms with Gasteiger partial charge in [-0.15, -0.1) is 0 Å². The first-order valence-electron chi connectivity index (χ1n) is 13.9. The fraction of sp³-hybridized carbons (Fsp3) is 0.364. The summed E-state index contributed by atoms with van der Waals surface area (Å²) in [6, 6.07) is 6.57. The second-order valence-electron chi connectivity index (χ2n) is 10.4. The molecule has 2 N–H and O–H groups in total. The number of H-pyrrole nitrogens is 2. The smallest absolute Gasteiger partial charge is 0.355 e. The van der Waals surface area contributed by atoms with Gasteiger partial charge in [-0.25, -0.2) is 9.97 Å². The molecule has 8 bridgehead atoms. The van der Waals surface area contributed by atoms with Crippen LogP contribution in [-0.4, -0.2) is 26.2 Å². The Kier molecular flexibility index (Phi) is 8.18. The summed E-state index contributed by atoms with van der Waals surface area (Å²) in [6.07, 6.45) is 4.44. The maximum Gasteiger partial charge on any atom is 2.00 e. The summed E-state index contributed by atoms with van der Waals surface area (Å²) >= 11 is 0. The van der Waals surface area contributed by atoms with Crippen molar-refractivity contribution >= 4 is 50.6 Å². The van der Waals surface area contributed by atoms with E-state index in [2.05, 4.69) is 83.6 Å². The van der Waals surface area contributed by atoms with Crippen molar-refractivity contribution in [3.05, 3.63) is 68.8 Å². The van der Waals surface area contributed by atoms with E-state index in [0.717, 1.165) is 93.5 Å². The molecule has 204 valence electrons. The molecule has 3 aromatic rings. The summed E-state index contributed by atoms with van der Waals surface area (Å²) in [5.74, 6) is 0. The molecule has 0 fully saturated rings. The van der Waals surface area contributed by atoms with E-state index in [1.807, 2.05) is 0 Å². The third-order valence-corrected chi connectivity index (χ3v) is 8.50. The Morgan fingerprint density at radius 2 is 1.15 bits per heavy atom. The first-order chi connectivity index (χ1) is 18.3. The molecule has 5 nitrogen and oxygen atoms in total. The van der Waals surface area contributed by atoms with Crippen molar-refractivity contribution in [3.63, 3.8) is 0 Å². The second kappa shape index (κ2) is 11.1. The zero-order valence-corrected chi connectivity index (χ0v) is 25.2. The van der Waals surface area contributed by atoms with Gasteiger partial charge in [0.15, 0.2) is 6.29 Å². The Bertz CT molecular complexity index is 1720. The number of rotatable bonds is 5. The molecule has 5 heterocycles. The van der Waals surface area contributed by atoms with E-state index in [1.54, 1.807) is 0 Å². The Labute approximate surface area is 241 Å². The van der Waals surface area contributed by atoms with Crippen molar-refractivity contribution in [1.82, 2.24) is 19.9 Å². The Morgan fingerprint density at radius 3 is 1.69 bits per heavy atom. The topological polar surface area (TPSA) is 74.4 Å². The summed E-state index contributed by atoms with van der Waals surface area (Å²) in [5.41, 5.74) is 17.9. The van der Waals surface area contributed by atoms with Gasteiger partial charge in [0.25, 0.3) is 0 Å². The van der Waals surface area contributed by atoms with E-state index in [0.29, 0.717) is 5.56 Å². The number of aromatic amines is 2. The average Bonchev–Trinajstić information content (AvgIpc) is 3.57. The zero-order chi connectivity index (χ0) is 27.3. The van der Waals surface area contributed by atoms with Crippen molar-refractivity contribution in [2.24, 2.45) is 0 Å². The maximum absolute atomic E-state index is 12.7. The van der Waals surface area contributed by atoms with E-state index in [-0.39, 0.29) is 16.5 Å². The first kappa shape index (κ1) is 28.8. The number of hydrogen-bond donors (Lipinski definition) is 2. The van der Waals surface area contributed by atoms with Gasteiger partial charge >= 0.3 is 16.5 Å². The Morgan fingerprint density at radius 1 is 0.641 bits per heavy atom. The number of hydrogen-bond acceptors (Lipinski definition) is 3. The molecule has 3 aromatic heterocycles. The van der Waals surface area contributed by atoms with Crippen LogP contribution in [0.15, 0.2) is 18.2 Å². The second-order valence-corrected chi connectivity index (χ2v) is 10.4. The summed E-state index contributed by atoms with van der Waals surface area (Å²) in [4.78, 5) is 30.2. The average molecular weight is 565 g/mol. The molecule has 0 radical (unpaired) electrons. The van der Waals surface area contributed by atoms with Crippen LogP contribution in [0.1, 0.15) is 110 Å². The first-order valence-corrected chi connectivity index (χ1v) is 13.9. The van der Waals surface area contributed by atoms with Crippen molar-refractivity contribution in [2.45, 2.75) is 81.1 Å².